The van der Waals surface area contributed by atoms with Gasteiger partial charge < -0.3 is 10.2 Å². The second kappa shape index (κ2) is 6.49. The minimum absolute atomic E-state index is 0.108. The first-order valence-corrected chi connectivity index (χ1v) is 7.14. The van der Waals surface area contributed by atoms with Gasteiger partial charge in [0.15, 0.2) is 0 Å². The highest BCUT2D eigenvalue weighted by Gasteiger charge is 2.17. The molecule has 106 valence electrons. The van der Waals surface area contributed by atoms with Crippen LogP contribution in [0.3, 0.4) is 0 Å². The van der Waals surface area contributed by atoms with Crippen molar-refractivity contribution in [2.24, 2.45) is 0 Å². The number of hydrogen-bond acceptors (Lipinski definition) is 5. The Morgan fingerprint density at radius 3 is 2.65 bits per heavy atom. The number of thiophene rings is 1. The van der Waals surface area contributed by atoms with Crippen molar-refractivity contribution < 1.29 is 4.92 Å². The van der Waals surface area contributed by atoms with E-state index in [2.05, 4.69) is 16.3 Å². The second-order valence-electron chi connectivity index (χ2n) is 4.65. The van der Waals surface area contributed by atoms with Gasteiger partial charge in [0.05, 0.1) is 11.0 Å². The van der Waals surface area contributed by atoms with Gasteiger partial charge in [-0.1, -0.05) is 18.2 Å². The van der Waals surface area contributed by atoms with Gasteiger partial charge in [-0.15, -0.1) is 11.3 Å². The SMILES string of the molecule is CN(C)C(CNc1ccccc1[N+](=O)[O-])c1cccs1. The quantitative estimate of drug-likeness (QED) is 0.655. The summed E-state index contributed by atoms with van der Waals surface area (Å²) >= 11 is 1.69. The number of rotatable bonds is 6. The lowest BCUT2D eigenvalue weighted by Crippen LogP contribution is -2.26. The molecule has 1 heterocycles. The Balaban J connectivity index is 2.13. The predicted molar refractivity (Wildman–Crippen MR) is 82.3 cm³/mol. The minimum Gasteiger partial charge on any atom is -0.378 e. The van der Waals surface area contributed by atoms with Crippen LogP contribution in [-0.4, -0.2) is 30.5 Å². The van der Waals surface area contributed by atoms with Crippen LogP contribution in [-0.2, 0) is 0 Å². The largest absolute Gasteiger partial charge is 0.378 e. The fourth-order valence-electron chi connectivity index (χ4n) is 2.01. The number of anilines is 1. The molecular formula is C14H17N3O2S. The molecule has 2 rings (SSSR count). The molecule has 1 unspecified atom stereocenters. The van der Waals surface area contributed by atoms with Crippen LogP contribution in [0.2, 0.25) is 0 Å². The molecule has 0 fully saturated rings. The fraction of sp³-hybridized carbons (Fsp3) is 0.286. The number of para-hydroxylation sites is 2. The third-order valence-electron chi connectivity index (χ3n) is 3.08. The van der Waals surface area contributed by atoms with Crippen LogP contribution in [0.25, 0.3) is 0 Å². The van der Waals surface area contributed by atoms with Gasteiger partial charge in [-0.3, -0.25) is 10.1 Å². The summed E-state index contributed by atoms with van der Waals surface area (Å²) in [7, 11) is 4.01. The summed E-state index contributed by atoms with van der Waals surface area (Å²) in [5, 5.41) is 16.2. The lowest BCUT2D eigenvalue weighted by atomic mass is 10.2. The third kappa shape index (κ3) is 3.34. The van der Waals surface area contributed by atoms with Gasteiger partial charge in [0.1, 0.15) is 5.69 Å². The minimum atomic E-state index is -0.363. The highest BCUT2D eigenvalue weighted by molar-refractivity contribution is 7.10. The summed E-state index contributed by atoms with van der Waals surface area (Å²) in [4.78, 5) is 14.0. The zero-order chi connectivity index (χ0) is 14.5. The Bertz CT molecular complexity index is 570. The molecule has 1 aromatic carbocycles. The first-order chi connectivity index (χ1) is 9.59. The lowest BCUT2D eigenvalue weighted by molar-refractivity contribution is -0.384. The highest BCUT2D eigenvalue weighted by atomic mass is 32.1. The number of nitrogens with one attached hydrogen (secondary N) is 1. The van der Waals surface area contributed by atoms with Gasteiger partial charge >= 0.3 is 0 Å². The molecule has 0 bridgehead atoms. The first kappa shape index (κ1) is 14.5. The lowest BCUT2D eigenvalue weighted by Gasteiger charge is -2.24. The van der Waals surface area contributed by atoms with Crippen molar-refractivity contribution in [1.29, 1.82) is 0 Å². The Kier molecular flexibility index (Phi) is 4.70. The molecule has 0 saturated carbocycles. The molecule has 0 aliphatic heterocycles. The molecule has 1 N–H and O–H groups in total. The smallest absolute Gasteiger partial charge is 0.292 e. The Labute approximate surface area is 122 Å². The van der Waals surface area contributed by atoms with Gasteiger partial charge in [0.25, 0.3) is 5.69 Å². The van der Waals surface area contributed by atoms with Gasteiger partial charge in [-0.2, -0.15) is 0 Å². The average molecular weight is 291 g/mol. The van der Waals surface area contributed by atoms with Crippen LogP contribution in [0, 0.1) is 10.1 Å². The van der Waals surface area contributed by atoms with Crippen molar-refractivity contribution in [3.05, 3.63) is 56.8 Å². The Hall–Kier alpha value is -1.92. The van der Waals surface area contributed by atoms with Crippen LogP contribution >= 0.6 is 11.3 Å². The molecule has 5 nitrogen and oxygen atoms in total. The number of nitro benzene ring substituents is 1. The van der Waals surface area contributed by atoms with E-state index in [1.165, 1.54) is 10.9 Å². The van der Waals surface area contributed by atoms with E-state index in [9.17, 15) is 10.1 Å². The van der Waals surface area contributed by atoms with Crippen LogP contribution < -0.4 is 5.32 Å². The van der Waals surface area contributed by atoms with E-state index < -0.39 is 0 Å². The van der Waals surface area contributed by atoms with Gasteiger partial charge in [-0.25, -0.2) is 0 Å². The maximum atomic E-state index is 11.0. The molecular weight excluding hydrogens is 274 g/mol. The zero-order valence-electron chi connectivity index (χ0n) is 11.4. The van der Waals surface area contributed by atoms with Crippen LogP contribution in [0.15, 0.2) is 41.8 Å². The van der Waals surface area contributed by atoms with E-state index in [0.29, 0.717) is 12.2 Å². The second-order valence-corrected chi connectivity index (χ2v) is 5.63. The number of likely N-dealkylation sites (N-methyl/N-ethyl adjacent to an activating group) is 1. The van der Waals surface area contributed by atoms with Gasteiger partial charge in [0.2, 0.25) is 0 Å². The molecule has 20 heavy (non-hydrogen) atoms. The van der Waals surface area contributed by atoms with Crippen LogP contribution in [0.1, 0.15) is 10.9 Å². The summed E-state index contributed by atoms with van der Waals surface area (Å²) in [6.07, 6.45) is 0. The van der Waals surface area contributed by atoms with E-state index >= 15 is 0 Å². The normalized spacial score (nSPS) is 12.3. The van der Waals surface area contributed by atoms with E-state index in [4.69, 9.17) is 0 Å². The predicted octanol–water partition coefficient (Wildman–Crippen LogP) is 3.37. The first-order valence-electron chi connectivity index (χ1n) is 6.26. The number of hydrogen-bond donors (Lipinski definition) is 1. The van der Waals surface area contributed by atoms with Crippen molar-refractivity contribution in [2.45, 2.75) is 6.04 Å². The zero-order valence-corrected chi connectivity index (χ0v) is 12.3. The van der Waals surface area contributed by atoms with Crippen molar-refractivity contribution >= 4 is 22.7 Å². The topological polar surface area (TPSA) is 58.4 Å². The molecule has 0 aliphatic carbocycles. The maximum absolute atomic E-state index is 11.0. The molecule has 1 aromatic heterocycles. The van der Waals surface area contributed by atoms with E-state index in [-0.39, 0.29) is 16.7 Å². The molecule has 2 aromatic rings. The summed E-state index contributed by atoms with van der Waals surface area (Å²) < 4.78 is 0. The fourth-order valence-corrected chi connectivity index (χ4v) is 2.93. The third-order valence-corrected chi connectivity index (χ3v) is 4.06. The van der Waals surface area contributed by atoms with Crippen molar-refractivity contribution in [3.63, 3.8) is 0 Å². The monoisotopic (exact) mass is 291 g/mol. The number of nitro groups is 1. The number of benzene rings is 1. The highest BCUT2D eigenvalue weighted by Crippen LogP contribution is 2.27. The molecule has 0 amide bonds. The summed E-state index contributed by atoms with van der Waals surface area (Å²) in [6, 6.07) is 11.0. The molecule has 0 aliphatic rings. The van der Waals surface area contributed by atoms with Gasteiger partial charge in [0, 0.05) is 17.5 Å². The number of nitrogens with zero attached hydrogens (tertiary/aromatic N) is 2. The molecule has 0 spiro atoms. The van der Waals surface area contributed by atoms with Crippen LogP contribution in [0.5, 0.6) is 0 Å². The van der Waals surface area contributed by atoms with Gasteiger partial charge in [-0.05, 0) is 31.6 Å². The summed E-state index contributed by atoms with van der Waals surface area (Å²) in [5.74, 6) is 0. The molecule has 1 atom stereocenters. The molecule has 0 radical (unpaired) electrons. The van der Waals surface area contributed by atoms with Crippen molar-refractivity contribution in [1.82, 2.24) is 4.90 Å². The van der Waals surface area contributed by atoms with E-state index in [1.807, 2.05) is 25.5 Å². The summed E-state index contributed by atoms with van der Waals surface area (Å²) in [6.45, 7) is 0.623. The van der Waals surface area contributed by atoms with Crippen molar-refractivity contribution in [3.8, 4) is 0 Å². The Morgan fingerprint density at radius 2 is 2.05 bits per heavy atom. The maximum Gasteiger partial charge on any atom is 0.292 e. The van der Waals surface area contributed by atoms with Crippen LogP contribution in [0.4, 0.5) is 11.4 Å². The molecule has 0 saturated heterocycles. The summed E-state index contributed by atoms with van der Waals surface area (Å²) in [5.41, 5.74) is 0.664. The average Bonchev–Trinajstić information content (AvgIpc) is 2.92. The standard InChI is InChI=1S/C14H17N3O2S/c1-16(2)13(14-8-5-9-20-14)10-15-11-6-3-4-7-12(11)17(18)19/h3-9,13,15H,10H2,1-2H3. The Morgan fingerprint density at radius 1 is 1.30 bits per heavy atom. The van der Waals surface area contributed by atoms with Crippen molar-refractivity contribution in [2.75, 3.05) is 26.0 Å². The van der Waals surface area contributed by atoms with E-state index in [1.54, 1.807) is 29.5 Å². The van der Waals surface area contributed by atoms with E-state index in [0.717, 1.165) is 0 Å². The molecule has 6 heteroatoms.